The van der Waals surface area contributed by atoms with E-state index in [2.05, 4.69) is 18.8 Å². The van der Waals surface area contributed by atoms with Crippen molar-refractivity contribution in [2.75, 3.05) is 0 Å². The summed E-state index contributed by atoms with van der Waals surface area (Å²) >= 11 is 0. The van der Waals surface area contributed by atoms with Gasteiger partial charge in [0.2, 0.25) is 0 Å². The lowest BCUT2D eigenvalue weighted by atomic mass is 10.2. The smallest absolute Gasteiger partial charge is 0.307 e. The Bertz CT molecular complexity index is 357. The fourth-order valence-corrected chi connectivity index (χ4v) is 1.83. The molecule has 76 valence electrons. The highest BCUT2D eigenvalue weighted by Gasteiger charge is 2.46. The van der Waals surface area contributed by atoms with Gasteiger partial charge in [-0.15, -0.1) is 0 Å². The molecular formula is C10H14N2O2. The fraction of sp³-hybridized carbons (Fsp3) is 0.600. The molecular weight excluding hydrogens is 180 g/mol. The maximum Gasteiger partial charge on any atom is 0.307 e. The average molecular weight is 194 g/mol. The molecule has 0 aromatic carbocycles. The Balaban J connectivity index is 2.19. The molecule has 0 spiro atoms. The van der Waals surface area contributed by atoms with Crippen molar-refractivity contribution in [1.82, 2.24) is 9.55 Å². The highest BCUT2D eigenvalue weighted by Crippen LogP contribution is 2.47. The van der Waals surface area contributed by atoms with Crippen LogP contribution in [0.2, 0.25) is 0 Å². The van der Waals surface area contributed by atoms with Crippen molar-refractivity contribution in [2.24, 2.45) is 5.92 Å². The molecule has 14 heavy (non-hydrogen) atoms. The van der Waals surface area contributed by atoms with Gasteiger partial charge in [-0.25, -0.2) is 4.98 Å². The predicted molar refractivity (Wildman–Crippen MR) is 51.1 cm³/mol. The minimum absolute atomic E-state index is 0.178. The highest BCUT2D eigenvalue weighted by atomic mass is 16.4. The van der Waals surface area contributed by atoms with Crippen molar-refractivity contribution in [3.8, 4) is 0 Å². The molecule has 0 radical (unpaired) electrons. The second-order valence-electron chi connectivity index (χ2n) is 4.11. The van der Waals surface area contributed by atoms with Crippen LogP contribution in [-0.2, 0) is 4.79 Å². The minimum Gasteiger partial charge on any atom is -0.481 e. The number of hydrogen-bond acceptors (Lipinski definition) is 2. The van der Waals surface area contributed by atoms with Crippen LogP contribution in [0.4, 0.5) is 0 Å². The Kier molecular flexibility index (Phi) is 2.06. The standard InChI is InChI=1S/C10H14N2O2/c1-6(2)12-5-11-4-9(12)7-3-8(7)10(13)14/h4-8H,3H2,1-2H3,(H,13,14). The molecule has 1 aliphatic carbocycles. The van der Waals surface area contributed by atoms with Gasteiger partial charge in [0.05, 0.1) is 12.2 Å². The number of rotatable bonds is 3. The minimum atomic E-state index is -0.688. The van der Waals surface area contributed by atoms with Crippen LogP contribution in [-0.4, -0.2) is 20.6 Å². The molecule has 1 N–H and O–H groups in total. The SMILES string of the molecule is CC(C)n1cncc1C1CC1C(=O)O. The monoisotopic (exact) mass is 194 g/mol. The first-order valence-electron chi connectivity index (χ1n) is 4.85. The number of imidazole rings is 1. The molecule has 4 nitrogen and oxygen atoms in total. The quantitative estimate of drug-likeness (QED) is 0.796. The molecule has 0 amide bonds. The first kappa shape index (κ1) is 9.24. The van der Waals surface area contributed by atoms with Crippen molar-refractivity contribution in [2.45, 2.75) is 32.2 Å². The highest BCUT2D eigenvalue weighted by molar-refractivity contribution is 5.75. The largest absolute Gasteiger partial charge is 0.481 e. The van der Waals surface area contributed by atoms with Gasteiger partial charge in [-0.2, -0.15) is 0 Å². The lowest BCUT2D eigenvalue weighted by molar-refractivity contribution is -0.138. The van der Waals surface area contributed by atoms with E-state index in [1.165, 1.54) is 0 Å². The van der Waals surface area contributed by atoms with Crippen LogP contribution >= 0.6 is 0 Å². The van der Waals surface area contributed by atoms with Crippen LogP contribution in [0.1, 0.15) is 37.9 Å². The van der Waals surface area contributed by atoms with Crippen molar-refractivity contribution in [3.63, 3.8) is 0 Å². The van der Waals surface area contributed by atoms with E-state index in [4.69, 9.17) is 5.11 Å². The topological polar surface area (TPSA) is 55.1 Å². The molecule has 0 aliphatic heterocycles. The van der Waals surface area contributed by atoms with E-state index in [1.807, 2.05) is 4.57 Å². The summed E-state index contributed by atoms with van der Waals surface area (Å²) in [4.78, 5) is 14.8. The van der Waals surface area contributed by atoms with Gasteiger partial charge in [-0.3, -0.25) is 4.79 Å². The van der Waals surface area contributed by atoms with E-state index >= 15 is 0 Å². The van der Waals surface area contributed by atoms with Gasteiger partial charge in [0.15, 0.2) is 0 Å². The number of nitrogens with zero attached hydrogens (tertiary/aromatic N) is 2. The Labute approximate surface area is 82.6 Å². The normalized spacial score (nSPS) is 25.4. The number of aliphatic carboxylic acids is 1. The number of hydrogen-bond donors (Lipinski definition) is 1. The Morgan fingerprint density at radius 3 is 2.93 bits per heavy atom. The van der Waals surface area contributed by atoms with Gasteiger partial charge >= 0.3 is 5.97 Å². The van der Waals surface area contributed by atoms with Crippen molar-refractivity contribution < 1.29 is 9.90 Å². The van der Waals surface area contributed by atoms with Gasteiger partial charge in [-0.05, 0) is 20.3 Å². The molecule has 2 rings (SSSR count). The summed E-state index contributed by atoms with van der Waals surface area (Å²) in [5.74, 6) is -0.701. The third-order valence-corrected chi connectivity index (χ3v) is 2.74. The molecule has 0 bridgehead atoms. The molecule has 1 aromatic heterocycles. The first-order chi connectivity index (χ1) is 6.61. The Morgan fingerprint density at radius 1 is 1.71 bits per heavy atom. The third-order valence-electron chi connectivity index (χ3n) is 2.74. The number of carbonyl (C=O) groups is 1. The van der Waals surface area contributed by atoms with E-state index in [0.29, 0.717) is 6.04 Å². The zero-order valence-corrected chi connectivity index (χ0v) is 8.34. The molecule has 1 fully saturated rings. The van der Waals surface area contributed by atoms with E-state index in [-0.39, 0.29) is 11.8 Å². The van der Waals surface area contributed by atoms with Gasteiger partial charge in [-0.1, -0.05) is 0 Å². The van der Waals surface area contributed by atoms with E-state index in [1.54, 1.807) is 12.5 Å². The van der Waals surface area contributed by atoms with Crippen LogP contribution < -0.4 is 0 Å². The van der Waals surface area contributed by atoms with Crippen LogP contribution in [0.25, 0.3) is 0 Å². The second kappa shape index (κ2) is 3.12. The summed E-state index contributed by atoms with van der Waals surface area (Å²) in [5, 5.41) is 8.82. The molecule has 1 heterocycles. The maximum atomic E-state index is 10.7. The van der Waals surface area contributed by atoms with Gasteiger partial charge in [0.25, 0.3) is 0 Å². The number of carboxylic acids is 1. The van der Waals surface area contributed by atoms with Crippen LogP contribution in [0, 0.1) is 5.92 Å². The van der Waals surface area contributed by atoms with Crippen LogP contribution in [0.5, 0.6) is 0 Å². The van der Waals surface area contributed by atoms with Gasteiger partial charge in [0, 0.05) is 23.9 Å². The Hall–Kier alpha value is -1.32. The summed E-state index contributed by atoms with van der Waals surface area (Å²) in [6.45, 7) is 4.15. The summed E-state index contributed by atoms with van der Waals surface area (Å²) < 4.78 is 2.05. The molecule has 0 saturated heterocycles. The summed E-state index contributed by atoms with van der Waals surface area (Å²) in [6.07, 6.45) is 4.32. The summed E-state index contributed by atoms with van der Waals surface area (Å²) in [5.41, 5.74) is 1.06. The van der Waals surface area contributed by atoms with Crippen LogP contribution in [0.3, 0.4) is 0 Å². The van der Waals surface area contributed by atoms with Crippen LogP contribution in [0.15, 0.2) is 12.5 Å². The predicted octanol–water partition coefficient (Wildman–Crippen LogP) is 1.65. The molecule has 1 aliphatic rings. The summed E-state index contributed by atoms with van der Waals surface area (Å²) in [6, 6.07) is 0.350. The van der Waals surface area contributed by atoms with E-state index in [0.717, 1.165) is 12.1 Å². The lowest BCUT2D eigenvalue weighted by Crippen LogP contribution is -2.06. The Morgan fingerprint density at radius 2 is 2.43 bits per heavy atom. The molecule has 4 heteroatoms. The van der Waals surface area contributed by atoms with Gasteiger partial charge in [0.1, 0.15) is 0 Å². The van der Waals surface area contributed by atoms with Gasteiger partial charge < -0.3 is 9.67 Å². The van der Waals surface area contributed by atoms with E-state index < -0.39 is 5.97 Å². The van der Waals surface area contributed by atoms with Crippen molar-refractivity contribution >= 4 is 5.97 Å². The zero-order chi connectivity index (χ0) is 10.3. The zero-order valence-electron chi connectivity index (χ0n) is 8.34. The van der Waals surface area contributed by atoms with Crippen molar-refractivity contribution in [3.05, 3.63) is 18.2 Å². The lowest BCUT2D eigenvalue weighted by Gasteiger charge is -2.10. The van der Waals surface area contributed by atoms with Crippen molar-refractivity contribution in [1.29, 1.82) is 0 Å². The fourth-order valence-electron chi connectivity index (χ4n) is 1.83. The second-order valence-corrected chi connectivity index (χ2v) is 4.11. The molecule has 2 unspecified atom stereocenters. The summed E-state index contributed by atoms with van der Waals surface area (Å²) in [7, 11) is 0. The third kappa shape index (κ3) is 1.41. The molecule has 1 saturated carbocycles. The molecule has 1 aromatic rings. The molecule has 2 atom stereocenters. The maximum absolute atomic E-state index is 10.7. The van der Waals surface area contributed by atoms with E-state index in [9.17, 15) is 4.79 Å². The number of aromatic nitrogens is 2. The average Bonchev–Trinajstić information content (AvgIpc) is 2.75. The number of carboxylic acid groups (broad SMARTS) is 1. The first-order valence-corrected chi connectivity index (χ1v) is 4.85.